The van der Waals surface area contributed by atoms with Gasteiger partial charge in [0.2, 0.25) is 0 Å². The summed E-state index contributed by atoms with van der Waals surface area (Å²) in [6.07, 6.45) is 0. The van der Waals surface area contributed by atoms with Crippen LogP contribution in [0.25, 0.3) is 0 Å². The fraction of sp³-hybridized carbons (Fsp3) is 0.143. The molecule has 0 aromatic heterocycles. The van der Waals surface area contributed by atoms with Crippen LogP contribution in [0.5, 0.6) is 0 Å². The third kappa shape index (κ3) is 3.45. The highest BCUT2D eigenvalue weighted by atomic mass is 127. The predicted octanol–water partition coefficient (Wildman–Crippen LogP) is 5.37. The van der Waals surface area contributed by atoms with Crippen LogP contribution < -0.4 is 5.32 Å². The third-order valence-electron chi connectivity index (χ3n) is 2.65. The zero-order valence-electron chi connectivity index (χ0n) is 9.75. The van der Waals surface area contributed by atoms with Gasteiger partial charge in [-0.15, -0.1) is 0 Å². The van der Waals surface area contributed by atoms with Gasteiger partial charge in [-0.2, -0.15) is 0 Å². The van der Waals surface area contributed by atoms with E-state index in [1.54, 1.807) is 12.1 Å². The number of hydrogen-bond donors (Lipinski definition) is 1. The molecule has 0 fully saturated rings. The zero-order valence-corrected chi connectivity index (χ0v) is 13.5. The monoisotopic (exact) mass is 419 g/mol. The minimum absolute atomic E-state index is 0.125. The maximum Gasteiger partial charge on any atom is 0.137 e. The summed E-state index contributed by atoms with van der Waals surface area (Å²) in [6, 6.07) is 13.4. The van der Waals surface area contributed by atoms with Gasteiger partial charge >= 0.3 is 0 Å². The SMILES string of the molecule is CC(Nc1cccc(I)c1)c1ccc(F)c(Br)c1. The summed E-state index contributed by atoms with van der Waals surface area (Å²) in [5, 5.41) is 3.40. The molecule has 0 spiro atoms. The Bertz CT molecular complexity index is 559. The fourth-order valence-electron chi connectivity index (χ4n) is 1.69. The van der Waals surface area contributed by atoms with Crippen LogP contribution in [-0.4, -0.2) is 0 Å². The average molecular weight is 420 g/mol. The van der Waals surface area contributed by atoms with Crippen molar-refractivity contribution in [2.45, 2.75) is 13.0 Å². The molecule has 0 saturated carbocycles. The van der Waals surface area contributed by atoms with Crippen LogP contribution in [0.15, 0.2) is 46.9 Å². The lowest BCUT2D eigenvalue weighted by Crippen LogP contribution is -2.06. The highest BCUT2D eigenvalue weighted by Crippen LogP contribution is 2.24. The normalized spacial score (nSPS) is 12.2. The smallest absolute Gasteiger partial charge is 0.137 e. The van der Waals surface area contributed by atoms with Gasteiger partial charge in [-0.05, 0) is 81.3 Å². The molecule has 1 unspecified atom stereocenters. The van der Waals surface area contributed by atoms with Crippen molar-refractivity contribution in [1.82, 2.24) is 0 Å². The van der Waals surface area contributed by atoms with Gasteiger partial charge in [-0.25, -0.2) is 4.39 Å². The van der Waals surface area contributed by atoms with Crippen LogP contribution in [0.4, 0.5) is 10.1 Å². The second-order valence-electron chi connectivity index (χ2n) is 4.05. The Kier molecular flexibility index (Phi) is 4.61. The molecule has 2 aromatic rings. The molecular weight excluding hydrogens is 408 g/mol. The molecule has 2 aromatic carbocycles. The van der Waals surface area contributed by atoms with Gasteiger partial charge in [0, 0.05) is 15.3 Å². The van der Waals surface area contributed by atoms with Gasteiger partial charge in [-0.3, -0.25) is 0 Å². The lowest BCUT2D eigenvalue weighted by Gasteiger charge is -2.16. The topological polar surface area (TPSA) is 12.0 Å². The largest absolute Gasteiger partial charge is 0.378 e. The molecule has 18 heavy (non-hydrogen) atoms. The number of nitrogens with one attached hydrogen (secondary N) is 1. The highest BCUT2D eigenvalue weighted by molar-refractivity contribution is 14.1. The summed E-state index contributed by atoms with van der Waals surface area (Å²) in [5.41, 5.74) is 2.11. The van der Waals surface area contributed by atoms with Crippen molar-refractivity contribution in [3.8, 4) is 0 Å². The van der Waals surface area contributed by atoms with E-state index in [0.29, 0.717) is 4.47 Å². The summed E-state index contributed by atoms with van der Waals surface area (Å²) in [4.78, 5) is 0. The van der Waals surface area contributed by atoms with E-state index in [2.05, 4.69) is 56.8 Å². The molecule has 1 nitrogen and oxygen atoms in total. The Morgan fingerprint density at radius 2 is 2.00 bits per heavy atom. The first-order valence-corrected chi connectivity index (χ1v) is 7.40. The first-order chi connectivity index (χ1) is 8.56. The average Bonchev–Trinajstić information content (AvgIpc) is 2.32. The summed E-state index contributed by atoms with van der Waals surface area (Å²) < 4.78 is 14.9. The van der Waals surface area contributed by atoms with Crippen LogP contribution in [0.3, 0.4) is 0 Å². The van der Waals surface area contributed by atoms with Gasteiger partial charge in [0.05, 0.1) is 4.47 Å². The summed E-state index contributed by atoms with van der Waals surface area (Å²) in [6.45, 7) is 2.06. The molecule has 0 heterocycles. The molecule has 0 amide bonds. The molecular formula is C14H12BrFIN. The molecule has 2 rings (SSSR count). The second-order valence-corrected chi connectivity index (χ2v) is 6.15. The van der Waals surface area contributed by atoms with Gasteiger partial charge in [-0.1, -0.05) is 12.1 Å². The molecule has 0 aliphatic heterocycles. The lowest BCUT2D eigenvalue weighted by molar-refractivity contribution is 0.619. The minimum atomic E-state index is -0.236. The van der Waals surface area contributed by atoms with Gasteiger partial charge in [0.15, 0.2) is 0 Å². The van der Waals surface area contributed by atoms with Gasteiger partial charge < -0.3 is 5.32 Å². The molecule has 0 saturated heterocycles. The van der Waals surface area contributed by atoms with Crippen LogP contribution in [0.1, 0.15) is 18.5 Å². The second kappa shape index (κ2) is 6.02. The van der Waals surface area contributed by atoms with Crippen molar-refractivity contribution in [2.24, 2.45) is 0 Å². The van der Waals surface area contributed by atoms with Crippen LogP contribution in [-0.2, 0) is 0 Å². The van der Waals surface area contributed by atoms with Crippen LogP contribution in [0, 0.1) is 9.39 Å². The van der Waals surface area contributed by atoms with E-state index < -0.39 is 0 Å². The van der Waals surface area contributed by atoms with Crippen molar-refractivity contribution < 1.29 is 4.39 Å². The number of halogens is 3. The van der Waals surface area contributed by atoms with Gasteiger partial charge in [0.1, 0.15) is 5.82 Å². The Morgan fingerprint density at radius 3 is 2.67 bits per heavy atom. The van der Waals surface area contributed by atoms with E-state index in [1.165, 1.54) is 9.64 Å². The first-order valence-electron chi connectivity index (χ1n) is 5.53. The van der Waals surface area contributed by atoms with Crippen molar-refractivity contribution in [3.63, 3.8) is 0 Å². The molecule has 1 N–H and O–H groups in total. The first kappa shape index (κ1) is 13.8. The predicted molar refractivity (Wildman–Crippen MR) is 85.3 cm³/mol. The Hall–Kier alpha value is -0.620. The van der Waals surface area contributed by atoms with E-state index in [9.17, 15) is 4.39 Å². The summed E-state index contributed by atoms with van der Waals surface area (Å²) >= 11 is 5.49. The Morgan fingerprint density at radius 1 is 1.22 bits per heavy atom. The minimum Gasteiger partial charge on any atom is -0.378 e. The van der Waals surface area contributed by atoms with E-state index >= 15 is 0 Å². The van der Waals surface area contributed by atoms with E-state index in [-0.39, 0.29) is 11.9 Å². The molecule has 1 atom stereocenters. The van der Waals surface area contributed by atoms with Gasteiger partial charge in [0.25, 0.3) is 0 Å². The quantitative estimate of drug-likeness (QED) is 0.660. The Balaban J connectivity index is 2.16. The van der Waals surface area contributed by atoms with Crippen LogP contribution >= 0.6 is 38.5 Å². The van der Waals surface area contributed by atoms with E-state index in [0.717, 1.165) is 11.3 Å². The standard InChI is InChI=1S/C14H12BrFIN/c1-9(10-5-6-14(16)13(15)7-10)18-12-4-2-3-11(17)8-12/h2-9,18H,1H3. The molecule has 0 radical (unpaired) electrons. The van der Waals surface area contributed by atoms with Crippen LogP contribution in [0.2, 0.25) is 0 Å². The maximum atomic E-state index is 13.2. The molecule has 0 aliphatic carbocycles. The highest BCUT2D eigenvalue weighted by Gasteiger charge is 2.08. The van der Waals surface area contributed by atoms with Crippen molar-refractivity contribution >= 4 is 44.2 Å². The van der Waals surface area contributed by atoms with Crippen molar-refractivity contribution in [2.75, 3.05) is 5.32 Å². The van der Waals surface area contributed by atoms with E-state index in [1.807, 2.05) is 18.2 Å². The lowest BCUT2D eigenvalue weighted by atomic mass is 10.1. The Labute approximate surface area is 128 Å². The summed E-state index contributed by atoms with van der Waals surface area (Å²) in [7, 11) is 0. The third-order valence-corrected chi connectivity index (χ3v) is 3.93. The number of benzene rings is 2. The molecule has 0 bridgehead atoms. The molecule has 0 aliphatic rings. The fourth-order valence-corrected chi connectivity index (χ4v) is 2.63. The molecule has 94 valence electrons. The number of hydrogen-bond acceptors (Lipinski definition) is 1. The van der Waals surface area contributed by atoms with Crippen molar-refractivity contribution in [1.29, 1.82) is 0 Å². The zero-order chi connectivity index (χ0) is 13.1. The number of anilines is 1. The van der Waals surface area contributed by atoms with E-state index in [4.69, 9.17) is 0 Å². The van der Waals surface area contributed by atoms with Crippen molar-refractivity contribution in [3.05, 3.63) is 61.9 Å². The maximum absolute atomic E-state index is 13.2. The summed E-state index contributed by atoms with van der Waals surface area (Å²) in [5.74, 6) is -0.236. The molecule has 4 heteroatoms. The number of rotatable bonds is 3.